The van der Waals surface area contributed by atoms with Crippen LogP contribution in [0.1, 0.15) is 6.23 Å². The van der Waals surface area contributed by atoms with Crippen LogP contribution in [0.5, 0.6) is 0 Å². The number of ether oxygens (including phenoxy) is 1. The Kier molecular flexibility index (Phi) is 4.78. The fraction of sp³-hybridized carbons (Fsp3) is 0.400. The van der Waals surface area contributed by atoms with Gasteiger partial charge >= 0.3 is 13.3 Å². The Hall–Kier alpha value is -2.24. The van der Waals surface area contributed by atoms with Gasteiger partial charge in [-0.25, -0.2) is 4.79 Å². The van der Waals surface area contributed by atoms with Crippen molar-refractivity contribution in [2.75, 3.05) is 0 Å². The highest BCUT2D eigenvalue weighted by Crippen LogP contribution is 2.43. The lowest BCUT2D eigenvalue weighted by Crippen LogP contribution is -2.40. The van der Waals surface area contributed by atoms with Crippen molar-refractivity contribution in [2.45, 2.75) is 24.2 Å². The third kappa shape index (κ3) is 3.47. The highest BCUT2D eigenvalue weighted by molar-refractivity contribution is 7.55. The zero-order valence-electron chi connectivity index (χ0n) is 11.7. The third-order valence-electron chi connectivity index (χ3n) is 3.18. The number of aliphatic hydroxyl groups is 2. The SMILES string of the molecule is [N-]=[N+]=N[C@]1(/C=C/P(=O)(O)O)O[C@@H](n2ccc(=O)[nH]c2=O)[C@H](O)[C@@H]1O. The molecule has 0 spiro atoms. The van der Waals surface area contributed by atoms with Crippen molar-refractivity contribution in [3.8, 4) is 0 Å². The molecule has 1 fully saturated rings. The number of aliphatic hydroxyl groups excluding tert-OH is 2. The number of nitrogens with zero attached hydrogens (tertiary/aromatic N) is 4. The summed E-state index contributed by atoms with van der Waals surface area (Å²) in [5.74, 6) is 0.329. The van der Waals surface area contributed by atoms with Gasteiger partial charge in [0.2, 0.25) is 0 Å². The second kappa shape index (κ2) is 6.34. The van der Waals surface area contributed by atoms with Gasteiger partial charge in [-0.3, -0.25) is 18.9 Å². The molecule has 5 N–H and O–H groups in total. The van der Waals surface area contributed by atoms with Gasteiger partial charge in [0.25, 0.3) is 5.56 Å². The van der Waals surface area contributed by atoms with E-state index in [-0.39, 0.29) is 0 Å². The number of azide groups is 1. The quantitative estimate of drug-likeness (QED) is 0.183. The molecule has 0 unspecified atom stereocenters. The summed E-state index contributed by atoms with van der Waals surface area (Å²) < 4.78 is 16.9. The monoisotopic (exact) mass is 361 g/mol. The molecule has 0 aliphatic carbocycles. The zero-order valence-corrected chi connectivity index (χ0v) is 12.6. The van der Waals surface area contributed by atoms with E-state index in [9.17, 15) is 24.4 Å². The van der Waals surface area contributed by atoms with Crippen molar-refractivity contribution in [3.05, 3.63) is 55.4 Å². The number of hydrogen-bond acceptors (Lipinski definition) is 7. The molecular weight excluding hydrogens is 349 g/mol. The Morgan fingerprint density at radius 2 is 2.12 bits per heavy atom. The van der Waals surface area contributed by atoms with Crippen LogP contribution in [0.15, 0.2) is 38.9 Å². The highest BCUT2D eigenvalue weighted by atomic mass is 31.2. The Morgan fingerprint density at radius 3 is 2.67 bits per heavy atom. The van der Waals surface area contributed by atoms with Gasteiger partial charge in [-0.15, -0.1) is 0 Å². The van der Waals surface area contributed by atoms with Crippen LogP contribution in [0.25, 0.3) is 10.4 Å². The minimum atomic E-state index is -4.69. The number of rotatable bonds is 4. The fourth-order valence-electron chi connectivity index (χ4n) is 2.11. The van der Waals surface area contributed by atoms with Gasteiger partial charge in [0.1, 0.15) is 12.2 Å². The van der Waals surface area contributed by atoms with Crippen LogP contribution in [0.3, 0.4) is 0 Å². The molecule has 14 heteroatoms. The predicted octanol–water partition coefficient (Wildman–Crippen LogP) is -1.51. The lowest BCUT2D eigenvalue weighted by molar-refractivity contribution is -0.0730. The second-order valence-corrected chi connectivity index (χ2v) is 6.28. The number of hydrogen-bond donors (Lipinski definition) is 5. The molecule has 0 bridgehead atoms. The van der Waals surface area contributed by atoms with Crippen LogP contribution in [0.2, 0.25) is 0 Å². The van der Waals surface area contributed by atoms with Crippen LogP contribution >= 0.6 is 7.60 Å². The summed E-state index contributed by atoms with van der Waals surface area (Å²) in [6.07, 6.45) is -3.77. The minimum absolute atomic E-state index is 0.329. The van der Waals surface area contributed by atoms with E-state index >= 15 is 0 Å². The van der Waals surface area contributed by atoms with Gasteiger partial charge in [0.15, 0.2) is 12.0 Å². The molecule has 0 aromatic carbocycles. The first-order chi connectivity index (χ1) is 11.1. The number of H-pyrrole nitrogens is 1. The van der Waals surface area contributed by atoms with E-state index in [2.05, 4.69) is 10.0 Å². The number of aromatic amines is 1. The summed E-state index contributed by atoms with van der Waals surface area (Å²) in [7, 11) is -4.69. The van der Waals surface area contributed by atoms with Crippen LogP contribution in [0.4, 0.5) is 0 Å². The molecule has 1 aliphatic rings. The van der Waals surface area contributed by atoms with Gasteiger partial charge < -0.3 is 24.7 Å². The van der Waals surface area contributed by atoms with Gasteiger partial charge in [-0.05, 0) is 11.6 Å². The van der Waals surface area contributed by atoms with E-state index in [4.69, 9.17) is 20.1 Å². The number of aromatic nitrogens is 2. The summed E-state index contributed by atoms with van der Waals surface area (Å²) in [6.45, 7) is 0. The van der Waals surface area contributed by atoms with Crippen molar-refractivity contribution < 1.29 is 29.3 Å². The summed E-state index contributed by atoms with van der Waals surface area (Å²) in [6, 6.07) is 0.947. The van der Waals surface area contributed by atoms with Crippen molar-refractivity contribution in [1.29, 1.82) is 0 Å². The Balaban J connectivity index is 2.51. The second-order valence-electron chi connectivity index (χ2n) is 4.81. The molecule has 0 radical (unpaired) electrons. The van der Waals surface area contributed by atoms with Gasteiger partial charge in [-0.1, -0.05) is 5.11 Å². The van der Waals surface area contributed by atoms with Crippen molar-refractivity contribution in [1.82, 2.24) is 9.55 Å². The molecule has 0 amide bonds. The van der Waals surface area contributed by atoms with Crippen LogP contribution < -0.4 is 11.2 Å². The van der Waals surface area contributed by atoms with Gasteiger partial charge in [0, 0.05) is 23.0 Å². The molecule has 0 saturated carbocycles. The average molecular weight is 361 g/mol. The summed E-state index contributed by atoms with van der Waals surface area (Å²) in [4.78, 5) is 44.9. The highest BCUT2D eigenvalue weighted by Gasteiger charge is 2.54. The maximum absolute atomic E-state index is 11.8. The molecule has 13 nitrogen and oxygen atoms in total. The molecule has 1 saturated heterocycles. The van der Waals surface area contributed by atoms with E-state index in [1.54, 1.807) is 0 Å². The van der Waals surface area contributed by atoms with Crippen molar-refractivity contribution >= 4 is 7.60 Å². The van der Waals surface area contributed by atoms with Crippen LogP contribution in [-0.4, -0.2) is 47.5 Å². The van der Waals surface area contributed by atoms with E-state index in [0.717, 1.165) is 16.8 Å². The molecule has 2 rings (SSSR count). The summed E-state index contributed by atoms with van der Waals surface area (Å²) >= 11 is 0. The van der Waals surface area contributed by atoms with E-state index in [1.807, 2.05) is 4.98 Å². The normalized spacial score (nSPS) is 30.4. The largest absolute Gasteiger partial charge is 0.387 e. The first-order valence-electron chi connectivity index (χ1n) is 6.27. The fourth-order valence-corrected chi connectivity index (χ4v) is 2.52. The average Bonchev–Trinajstić information content (AvgIpc) is 2.71. The minimum Gasteiger partial charge on any atom is -0.387 e. The Labute approximate surface area is 132 Å². The molecule has 2 heterocycles. The van der Waals surface area contributed by atoms with E-state index in [0.29, 0.717) is 11.9 Å². The maximum Gasteiger partial charge on any atom is 0.348 e. The molecule has 1 aliphatic heterocycles. The Bertz CT molecular complexity index is 866. The topological polar surface area (TPSA) is 211 Å². The van der Waals surface area contributed by atoms with Crippen LogP contribution in [0, 0.1) is 0 Å². The molecule has 1 aromatic heterocycles. The summed E-state index contributed by atoms with van der Waals surface area (Å²) in [5, 5.41) is 23.3. The first-order valence-corrected chi connectivity index (χ1v) is 7.95. The molecule has 4 atom stereocenters. The van der Waals surface area contributed by atoms with E-state index < -0.39 is 43.0 Å². The lowest BCUT2D eigenvalue weighted by atomic mass is 10.1. The standard InChI is InChI=1S/C10H12N5O8P/c11-14-13-10(2-4-24(20,21)22)7(18)6(17)8(23-10)15-3-1-5(16)12-9(15)19/h1-4,6-8,17-18H,(H,12,16,19)(H2,20,21,22)/b4-2+/t6-,7+,8-,10-/m1/s1. The lowest BCUT2D eigenvalue weighted by Gasteiger charge is -2.22. The third-order valence-corrected chi connectivity index (χ3v) is 3.72. The zero-order chi connectivity index (χ0) is 18.1. The van der Waals surface area contributed by atoms with E-state index in [1.165, 1.54) is 0 Å². The van der Waals surface area contributed by atoms with Gasteiger partial charge in [-0.2, -0.15) is 0 Å². The summed E-state index contributed by atoms with van der Waals surface area (Å²) in [5.41, 5.74) is 4.56. The smallest absolute Gasteiger partial charge is 0.348 e. The van der Waals surface area contributed by atoms with Crippen molar-refractivity contribution in [3.63, 3.8) is 0 Å². The molecule has 1 aromatic rings. The van der Waals surface area contributed by atoms with Crippen LogP contribution in [-0.2, 0) is 9.30 Å². The van der Waals surface area contributed by atoms with Crippen molar-refractivity contribution in [2.24, 2.45) is 5.11 Å². The number of nitrogens with one attached hydrogen (secondary N) is 1. The first kappa shape index (κ1) is 18.1. The van der Waals surface area contributed by atoms with Gasteiger partial charge in [0.05, 0.1) is 0 Å². The molecule has 130 valence electrons. The molecule has 24 heavy (non-hydrogen) atoms. The molecular formula is C10H12N5O8P. The Morgan fingerprint density at radius 1 is 1.46 bits per heavy atom. The maximum atomic E-state index is 11.8. The predicted molar refractivity (Wildman–Crippen MR) is 76.5 cm³/mol.